The molecule has 0 bridgehead atoms. The number of hydrogen-bond acceptors (Lipinski definition) is 2. The van der Waals surface area contributed by atoms with Gasteiger partial charge in [-0.3, -0.25) is 4.79 Å². The van der Waals surface area contributed by atoms with E-state index in [9.17, 15) is 9.18 Å². The van der Waals surface area contributed by atoms with Crippen molar-refractivity contribution in [2.45, 2.75) is 5.75 Å². The summed E-state index contributed by atoms with van der Waals surface area (Å²) < 4.78 is 13.1. The summed E-state index contributed by atoms with van der Waals surface area (Å²) in [5.41, 5.74) is 0.640. The van der Waals surface area contributed by atoms with Crippen molar-refractivity contribution in [3.63, 3.8) is 0 Å². The molecule has 0 spiro atoms. The van der Waals surface area contributed by atoms with Gasteiger partial charge >= 0.3 is 0 Å². The second-order valence-corrected chi connectivity index (χ2v) is 3.74. The molecule has 0 heterocycles. The Labute approximate surface area is 86.9 Å². The Morgan fingerprint density at radius 1 is 1.50 bits per heavy atom. The van der Waals surface area contributed by atoms with Gasteiger partial charge in [0.05, 0.1) is 5.75 Å². The molecule has 0 saturated heterocycles. The van der Waals surface area contributed by atoms with Crippen LogP contribution in [-0.2, 0) is 10.5 Å². The number of hydrogen-bond donors (Lipinski definition) is 1. The van der Waals surface area contributed by atoms with Crippen LogP contribution in [0, 0.1) is 5.82 Å². The normalized spacial score (nSPS) is 9.86. The number of carbonyl (C=O) groups excluding carboxylic acids is 1. The minimum Gasteiger partial charge on any atom is -0.358 e. The third-order valence-electron chi connectivity index (χ3n) is 1.73. The first-order chi connectivity index (χ1) is 6.74. The zero-order chi connectivity index (χ0) is 10.4. The first kappa shape index (κ1) is 11.0. The van der Waals surface area contributed by atoms with E-state index in [2.05, 4.69) is 5.32 Å². The van der Waals surface area contributed by atoms with Crippen LogP contribution >= 0.6 is 11.8 Å². The first-order valence-electron chi connectivity index (χ1n) is 4.25. The van der Waals surface area contributed by atoms with Crippen molar-refractivity contribution >= 4 is 17.7 Å². The number of carbonyl (C=O) groups is 1. The lowest BCUT2D eigenvalue weighted by Gasteiger charge is -2.02. The van der Waals surface area contributed by atoms with Gasteiger partial charge in [0.1, 0.15) is 5.82 Å². The van der Waals surface area contributed by atoms with Crippen LogP contribution in [0.5, 0.6) is 0 Å². The summed E-state index contributed by atoms with van der Waals surface area (Å²) in [6, 6.07) is 6.60. The molecule has 4 heteroatoms. The Balaban J connectivity index is 2.39. The van der Waals surface area contributed by atoms with E-state index in [1.165, 1.54) is 17.8 Å². The average molecular weight is 213 g/mol. The van der Waals surface area contributed by atoms with Gasteiger partial charge in [-0.15, -0.1) is 11.8 Å². The highest BCUT2D eigenvalue weighted by atomic mass is 32.2. The Bertz CT molecular complexity index is 317. The Hall–Kier alpha value is -1.03. The monoisotopic (exact) mass is 213 g/mol. The van der Waals surface area contributed by atoms with Crippen LogP contribution in [0.2, 0.25) is 0 Å². The van der Waals surface area contributed by atoms with Crippen molar-refractivity contribution < 1.29 is 9.18 Å². The molecule has 1 rings (SSSR count). The molecule has 14 heavy (non-hydrogen) atoms. The zero-order valence-corrected chi connectivity index (χ0v) is 8.73. The van der Waals surface area contributed by atoms with E-state index in [1.807, 2.05) is 0 Å². The maximum absolute atomic E-state index is 13.1. The molecule has 0 atom stereocenters. The third-order valence-corrected chi connectivity index (χ3v) is 2.71. The molecule has 2 nitrogen and oxygen atoms in total. The van der Waals surface area contributed by atoms with Crippen molar-refractivity contribution in [1.82, 2.24) is 5.32 Å². The lowest BCUT2D eigenvalue weighted by atomic mass is 10.2. The van der Waals surface area contributed by atoms with Crippen LogP contribution < -0.4 is 5.32 Å². The van der Waals surface area contributed by atoms with Gasteiger partial charge in [-0.25, -0.2) is 4.39 Å². The first-order valence-corrected chi connectivity index (χ1v) is 5.41. The molecular weight excluding hydrogens is 201 g/mol. The molecule has 0 fully saturated rings. The van der Waals surface area contributed by atoms with Gasteiger partial charge < -0.3 is 5.32 Å². The zero-order valence-electron chi connectivity index (χ0n) is 7.92. The van der Waals surface area contributed by atoms with Gasteiger partial charge in [0.15, 0.2) is 0 Å². The maximum Gasteiger partial charge on any atom is 0.229 e. The van der Waals surface area contributed by atoms with Crippen LogP contribution in [0.1, 0.15) is 5.56 Å². The van der Waals surface area contributed by atoms with Crippen molar-refractivity contribution in [2.75, 3.05) is 12.8 Å². The maximum atomic E-state index is 13.1. The van der Waals surface area contributed by atoms with Crippen LogP contribution in [0.3, 0.4) is 0 Å². The number of benzene rings is 1. The molecule has 0 unspecified atom stereocenters. The van der Waals surface area contributed by atoms with Crippen molar-refractivity contribution in [3.05, 3.63) is 35.6 Å². The van der Waals surface area contributed by atoms with Gasteiger partial charge in [0.25, 0.3) is 0 Å². The number of halogens is 1. The fourth-order valence-corrected chi connectivity index (χ4v) is 1.83. The Kier molecular flexibility index (Phi) is 4.46. The van der Waals surface area contributed by atoms with Gasteiger partial charge in [-0.1, -0.05) is 18.2 Å². The number of amides is 1. The van der Waals surface area contributed by atoms with Crippen LogP contribution in [0.25, 0.3) is 0 Å². The lowest BCUT2D eigenvalue weighted by Crippen LogP contribution is -2.19. The minimum atomic E-state index is -0.211. The topological polar surface area (TPSA) is 29.1 Å². The molecule has 0 aromatic heterocycles. The van der Waals surface area contributed by atoms with E-state index in [-0.39, 0.29) is 11.7 Å². The largest absolute Gasteiger partial charge is 0.358 e. The highest BCUT2D eigenvalue weighted by Crippen LogP contribution is 2.14. The number of nitrogens with one attached hydrogen (secondary N) is 1. The summed E-state index contributed by atoms with van der Waals surface area (Å²) in [7, 11) is 1.59. The molecule has 0 radical (unpaired) electrons. The molecule has 1 aromatic rings. The molecule has 1 N–H and O–H groups in total. The molecule has 1 amide bonds. The van der Waals surface area contributed by atoms with E-state index >= 15 is 0 Å². The Morgan fingerprint density at radius 2 is 2.21 bits per heavy atom. The fourth-order valence-electron chi connectivity index (χ4n) is 0.941. The van der Waals surface area contributed by atoms with Crippen LogP contribution in [-0.4, -0.2) is 18.7 Å². The van der Waals surface area contributed by atoms with Crippen molar-refractivity contribution in [3.8, 4) is 0 Å². The third kappa shape index (κ3) is 3.38. The number of thioether (sulfide) groups is 1. The van der Waals surface area contributed by atoms with Gasteiger partial charge in [-0.2, -0.15) is 0 Å². The van der Waals surface area contributed by atoms with Crippen LogP contribution in [0.15, 0.2) is 24.3 Å². The van der Waals surface area contributed by atoms with Gasteiger partial charge in [0, 0.05) is 12.8 Å². The molecular formula is C10H12FNOS. The van der Waals surface area contributed by atoms with Gasteiger partial charge in [0.2, 0.25) is 5.91 Å². The fraction of sp³-hybridized carbons (Fsp3) is 0.300. The second kappa shape index (κ2) is 5.65. The summed E-state index contributed by atoms with van der Waals surface area (Å²) in [6.07, 6.45) is 0. The average Bonchev–Trinajstić information content (AvgIpc) is 2.20. The molecule has 0 aliphatic rings. The SMILES string of the molecule is CNC(=O)CSCc1ccccc1F. The lowest BCUT2D eigenvalue weighted by molar-refractivity contribution is -0.118. The van der Waals surface area contributed by atoms with E-state index in [0.717, 1.165) is 0 Å². The predicted octanol–water partition coefficient (Wildman–Crippen LogP) is 1.80. The minimum absolute atomic E-state index is 0.0358. The van der Waals surface area contributed by atoms with Gasteiger partial charge in [-0.05, 0) is 11.6 Å². The van der Waals surface area contributed by atoms with E-state index in [0.29, 0.717) is 17.1 Å². The van der Waals surface area contributed by atoms with Crippen molar-refractivity contribution in [2.24, 2.45) is 0 Å². The molecule has 0 aliphatic heterocycles. The summed E-state index contributed by atoms with van der Waals surface area (Å²) in [6.45, 7) is 0. The highest BCUT2D eigenvalue weighted by Gasteiger charge is 2.02. The van der Waals surface area contributed by atoms with Crippen molar-refractivity contribution in [1.29, 1.82) is 0 Å². The van der Waals surface area contributed by atoms with E-state index in [1.54, 1.807) is 25.2 Å². The van der Waals surface area contributed by atoms with E-state index in [4.69, 9.17) is 0 Å². The standard InChI is InChI=1S/C10H12FNOS/c1-12-10(13)7-14-6-8-4-2-3-5-9(8)11/h2-5H,6-7H2,1H3,(H,12,13). The summed E-state index contributed by atoms with van der Waals surface area (Å²) in [4.78, 5) is 10.9. The molecule has 1 aromatic carbocycles. The summed E-state index contributed by atoms with van der Waals surface area (Å²) >= 11 is 1.40. The highest BCUT2D eigenvalue weighted by molar-refractivity contribution is 7.99. The predicted molar refractivity (Wildman–Crippen MR) is 56.6 cm³/mol. The smallest absolute Gasteiger partial charge is 0.229 e. The Morgan fingerprint density at radius 3 is 2.86 bits per heavy atom. The second-order valence-electron chi connectivity index (χ2n) is 2.76. The molecule has 0 saturated carbocycles. The quantitative estimate of drug-likeness (QED) is 0.826. The summed E-state index contributed by atoms with van der Waals surface area (Å²) in [5.74, 6) is 0.647. The molecule has 0 aliphatic carbocycles. The number of rotatable bonds is 4. The van der Waals surface area contributed by atoms with Crippen LogP contribution in [0.4, 0.5) is 4.39 Å². The van der Waals surface area contributed by atoms with E-state index < -0.39 is 0 Å². The summed E-state index contributed by atoms with van der Waals surface area (Å²) in [5, 5.41) is 2.51. The molecule has 76 valence electrons.